The van der Waals surface area contributed by atoms with Gasteiger partial charge in [0.05, 0.1) is 11.4 Å². The Balaban J connectivity index is 1.31. The first-order valence-electron chi connectivity index (χ1n) is 16.2. The number of anilines is 2. The number of nitrogens with zero attached hydrogens (tertiary/aromatic N) is 2. The van der Waals surface area contributed by atoms with E-state index in [0.717, 1.165) is 70.5 Å². The van der Waals surface area contributed by atoms with Crippen molar-refractivity contribution in [1.82, 2.24) is 0 Å². The average Bonchev–Trinajstić information content (AvgIpc) is 3.66. The molecule has 14 heteroatoms. The van der Waals surface area contributed by atoms with Crippen molar-refractivity contribution in [3.63, 3.8) is 0 Å². The van der Waals surface area contributed by atoms with Crippen molar-refractivity contribution in [2.75, 3.05) is 9.80 Å². The molecule has 4 amide bonds. The quantitative estimate of drug-likeness (QED) is 0.113. The Bertz CT molecular complexity index is 2000. The molecule has 0 spiro atoms. The zero-order chi connectivity index (χ0) is 38.3. The summed E-state index contributed by atoms with van der Waals surface area (Å²) in [4.78, 5) is 49.8. The normalized spacial score (nSPS) is 14.9. The molecule has 0 saturated carbocycles. The predicted octanol–water partition coefficient (Wildman–Crippen LogP) is 8.67. The third-order valence-electron chi connectivity index (χ3n) is 8.73. The molecule has 2 heterocycles. The molecular weight excluding hydrogens is 706 g/mol. The van der Waals surface area contributed by atoms with E-state index in [-0.39, 0.29) is 58.3 Å². The molecule has 0 saturated heterocycles. The molecule has 0 aromatic heterocycles. The minimum Gasteiger partial charge on any atom is -0.457 e. The van der Waals surface area contributed by atoms with Crippen LogP contribution in [0.25, 0.3) is 0 Å². The summed E-state index contributed by atoms with van der Waals surface area (Å²) < 4.78 is 102. The number of aryl methyl sites for hydroxylation is 2. The number of rotatable bonds is 11. The van der Waals surface area contributed by atoms with Crippen LogP contribution in [-0.4, -0.2) is 35.7 Å². The fourth-order valence-corrected chi connectivity index (χ4v) is 5.95. The lowest BCUT2D eigenvalue weighted by molar-refractivity contribution is -0.323. The van der Waals surface area contributed by atoms with Crippen LogP contribution in [0.3, 0.4) is 0 Å². The molecule has 4 aromatic rings. The summed E-state index contributed by atoms with van der Waals surface area (Å²) in [6.45, 7) is 3.17. The van der Waals surface area contributed by atoms with E-state index in [1.165, 1.54) is 48.5 Å². The first-order valence-corrected chi connectivity index (χ1v) is 16.2. The fraction of sp³-hybridized carbons (Fsp3) is 0.179. The molecule has 0 unspecified atom stereocenters. The van der Waals surface area contributed by atoms with Gasteiger partial charge in [-0.3, -0.25) is 19.2 Å². The van der Waals surface area contributed by atoms with Gasteiger partial charge in [0.25, 0.3) is 23.6 Å². The van der Waals surface area contributed by atoms with Crippen molar-refractivity contribution < 1.29 is 55.0 Å². The van der Waals surface area contributed by atoms with Gasteiger partial charge in [0.2, 0.25) is 5.67 Å². The maximum atomic E-state index is 17.1. The predicted molar refractivity (Wildman–Crippen MR) is 181 cm³/mol. The fourth-order valence-electron chi connectivity index (χ4n) is 5.95. The number of benzene rings is 4. The number of halogens is 6. The van der Waals surface area contributed by atoms with Gasteiger partial charge in [-0.25, -0.2) is 14.2 Å². The third-order valence-corrected chi connectivity index (χ3v) is 8.73. The van der Waals surface area contributed by atoms with E-state index >= 15 is 13.2 Å². The summed E-state index contributed by atoms with van der Waals surface area (Å²) in [5.41, 5.74) is -5.58. The maximum Gasteiger partial charge on any atom is 0.457 e. The van der Waals surface area contributed by atoms with Gasteiger partial charge in [-0.15, -0.1) is 0 Å². The van der Waals surface area contributed by atoms with E-state index < -0.39 is 52.5 Å². The van der Waals surface area contributed by atoms with Crippen molar-refractivity contribution in [1.29, 1.82) is 0 Å². The molecule has 0 N–H and O–H groups in total. The average molecular weight is 735 g/mol. The van der Waals surface area contributed by atoms with Crippen LogP contribution in [0, 0.1) is 0 Å². The van der Waals surface area contributed by atoms with E-state index in [1.54, 1.807) is 13.8 Å². The van der Waals surface area contributed by atoms with Gasteiger partial charge in [0.15, 0.2) is 0 Å². The SMILES string of the molecule is CCc1cc(C(F)(c2ccc(Oc3ccc(N4C(=O)C=CC4=O)cc3)c(CC)c2)C(F)(F)C(F)(F)F)ccc1Oc1ccc(N2C(=O)C=CC2=O)cc1. The van der Waals surface area contributed by atoms with E-state index in [4.69, 9.17) is 9.47 Å². The highest BCUT2D eigenvalue weighted by molar-refractivity contribution is 6.28. The standard InChI is InChI=1S/C39H28F6N2O6/c1-3-23-21-25(5-15-31(23)52-29-11-7-27(8-12-29)46-33(48)17-18-34(46)49)37(40,38(41,42)39(43,44)45)26-6-16-32(24(4-2)22-26)53-30-13-9-28(10-14-30)47-35(50)19-20-36(47)51/h5-22H,3-4H2,1-2H3. The topological polar surface area (TPSA) is 93.2 Å². The molecule has 0 aliphatic carbocycles. The summed E-state index contributed by atoms with van der Waals surface area (Å²) in [6.07, 6.45) is -1.72. The summed E-state index contributed by atoms with van der Waals surface area (Å²) in [7, 11) is 0. The van der Waals surface area contributed by atoms with Crippen LogP contribution in [-0.2, 0) is 37.7 Å². The Morgan fingerprint density at radius 3 is 1.15 bits per heavy atom. The van der Waals surface area contributed by atoms with Crippen molar-refractivity contribution in [3.05, 3.63) is 131 Å². The highest BCUT2D eigenvalue weighted by atomic mass is 19.4. The van der Waals surface area contributed by atoms with Gasteiger partial charge in [0.1, 0.15) is 23.0 Å². The van der Waals surface area contributed by atoms with Crippen LogP contribution in [0.2, 0.25) is 0 Å². The molecule has 2 aliphatic heterocycles. The van der Waals surface area contributed by atoms with Gasteiger partial charge in [-0.05, 0) is 96.8 Å². The molecule has 0 radical (unpaired) electrons. The Morgan fingerprint density at radius 1 is 0.509 bits per heavy atom. The molecule has 4 aromatic carbocycles. The molecule has 272 valence electrons. The summed E-state index contributed by atoms with van der Waals surface area (Å²) in [6, 6.07) is 17.0. The van der Waals surface area contributed by atoms with Crippen molar-refractivity contribution >= 4 is 35.0 Å². The van der Waals surface area contributed by atoms with Crippen LogP contribution in [0.1, 0.15) is 36.1 Å². The number of hydrogen-bond acceptors (Lipinski definition) is 6. The molecule has 8 nitrogen and oxygen atoms in total. The number of alkyl halides is 6. The Kier molecular flexibility index (Phi) is 9.50. The highest BCUT2D eigenvalue weighted by Crippen LogP contribution is 2.55. The Morgan fingerprint density at radius 2 is 0.849 bits per heavy atom. The van der Waals surface area contributed by atoms with E-state index in [2.05, 4.69) is 0 Å². The monoisotopic (exact) mass is 734 g/mol. The number of carbonyl (C=O) groups is 4. The van der Waals surface area contributed by atoms with Crippen molar-refractivity contribution in [3.8, 4) is 23.0 Å². The lowest BCUT2D eigenvalue weighted by Crippen LogP contribution is -2.53. The first-order chi connectivity index (χ1) is 25.1. The molecule has 0 atom stereocenters. The van der Waals surface area contributed by atoms with Crippen LogP contribution < -0.4 is 19.3 Å². The number of carbonyl (C=O) groups excluding carboxylic acids is 4. The lowest BCUT2D eigenvalue weighted by atomic mass is 9.80. The zero-order valence-corrected chi connectivity index (χ0v) is 27.9. The minimum absolute atomic E-state index is 0.0513. The first kappa shape index (κ1) is 36.6. The van der Waals surface area contributed by atoms with Crippen molar-refractivity contribution in [2.24, 2.45) is 0 Å². The second kappa shape index (κ2) is 13.7. The van der Waals surface area contributed by atoms with Crippen LogP contribution in [0.5, 0.6) is 23.0 Å². The molecule has 2 aliphatic rings. The van der Waals surface area contributed by atoms with E-state index in [9.17, 15) is 32.3 Å². The molecule has 53 heavy (non-hydrogen) atoms. The summed E-state index contributed by atoms with van der Waals surface area (Å²) in [5.74, 6) is -7.57. The van der Waals surface area contributed by atoms with E-state index in [0.29, 0.717) is 0 Å². The van der Waals surface area contributed by atoms with E-state index in [1.807, 2.05) is 0 Å². The van der Waals surface area contributed by atoms with Gasteiger partial charge < -0.3 is 9.47 Å². The largest absolute Gasteiger partial charge is 0.457 e. The van der Waals surface area contributed by atoms with Gasteiger partial charge in [0, 0.05) is 35.4 Å². The molecular formula is C39H28F6N2O6. The Labute approximate surface area is 298 Å². The van der Waals surface area contributed by atoms with Crippen LogP contribution in [0.15, 0.2) is 109 Å². The third kappa shape index (κ3) is 6.56. The van der Waals surface area contributed by atoms with Gasteiger partial charge in [-0.1, -0.05) is 26.0 Å². The number of amides is 4. The second-order valence-corrected chi connectivity index (χ2v) is 12.0. The van der Waals surface area contributed by atoms with Crippen LogP contribution in [0.4, 0.5) is 37.7 Å². The summed E-state index contributed by atoms with van der Waals surface area (Å²) in [5, 5.41) is 0. The van der Waals surface area contributed by atoms with Crippen molar-refractivity contribution in [2.45, 2.75) is 44.5 Å². The zero-order valence-electron chi connectivity index (χ0n) is 27.9. The smallest absolute Gasteiger partial charge is 0.457 e. The molecule has 6 rings (SSSR count). The number of imide groups is 2. The van der Waals surface area contributed by atoms with Crippen LogP contribution >= 0.6 is 0 Å². The number of hydrogen-bond donors (Lipinski definition) is 0. The summed E-state index contributed by atoms with van der Waals surface area (Å²) >= 11 is 0. The second-order valence-electron chi connectivity index (χ2n) is 12.0. The maximum absolute atomic E-state index is 17.1. The number of ether oxygens (including phenoxy) is 2. The van der Waals surface area contributed by atoms with Gasteiger partial charge >= 0.3 is 12.1 Å². The Hall–Kier alpha value is -6.18. The lowest BCUT2D eigenvalue weighted by Gasteiger charge is -2.36. The minimum atomic E-state index is -6.30. The molecule has 0 bridgehead atoms. The highest BCUT2D eigenvalue weighted by Gasteiger charge is 2.72. The van der Waals surface area contributed by atoms with Gasteiger partial charge in [-0.2, -0.15) is 22.0 Å². The molecule has 0 fully saturated rings.